The highest BCUT2D eigenvalue weighted by Gasteiger charge is 2.14. The van der Waals surface area contributed by atoms with Gasteiger partial charge in [0, 0.05) is 5.25 Å². The molecule has 0 saturated carbocycles. The number of nitrogens with zero attached hydrogens (tertiary/aromatic N) is 3. The first kappa shape index (κ1) is 13.1. The largest absolute Gasteiger partial charge is 0.382 e. The normalized spacial score (nSPS) is 12.7. The molecule has 1 atom stereocenters. The summed E-state index contributed by atoms with van der Waals surface area (Å²) in [5, 5.41) is 1.32. The molecule has 0 aliphatic carbocycles. The van der Waals surface area contributed by atoms with Gasteiger partial charge in [-0.3, -0.25) is 0 Å². The first-order chi connectivity index (χ1) is 9.63. The van der Waals surface area contributed by atoms with Gasteiger partial charge in [0.1, 0.15) is 10.5 Å². The van der Waals surface area contributed by atoms with Crippen molar-refractivity contribution < 1.29 is 0 Å². The minimum atomic E-state index is 0.240. The predicted octanol–water partition coefficient (Wildman–Crippen LogP) is 3.10. The van der Waals surface area contributed by atoms with Crippen molar-refractivity contribution in [1.82, 2.24) is 15.0 Å². The third-order valence-electron chi connectivity index (χ3n) is 2.83. The van der Waals surface area contributed by atoms with Crippen molar-refractivity contribution >= 4 is 44.4 Å². The molecular formula is C13H13N5S2. The van der Waals surface area contributed by atoms with Crippen LogP contribution in [0.2, 0.25) is 0 Å². The van der Waals surface area contributed by atoms with Crippen LogP contribution in [0.15, 0.2) is 35.5 Å². The standard InChI is InChI=1S/C13H13N5S2/c1-7(8-5-3-2-4-6-8)19-13-16-10(14)9-11(18-13)17-12(15)20-9/h2-7H,1H3,(H4,14,15,16,17,18)/t7-/m0/s1. The Morgan fingerprint density at radius 3 is 2.60 bits per heavy atom. The third kappa shape index (κ3) is 2.54. The summed E-state index contributed by atoms with van der Waals surface area (Å²) in [6, 6.07) is 10.2. The molecular weight excluding hydrogens is 290 g/mol. The van der Waals surface area contributed by atoms with Crippen LogP contribution in [0, 0.1) is 0 Å². The van der Waals surface area contributed by atoms with Crippen LogP contribution in [-0.2, 0) is 0 Å². The fourth-order valence-electron chi connectivity index (χ4n) is 1.84. The highest BCUT2D eigenvalue weighted by atomic mass is 32.2. The van der Waals surface area contributed by atoms with Gasteiger partial charge >= 0.3 is 0 Å². The number of benzene rings is 1. The Bertz CT molecular complexity index is 741. The van der Waals surface area contributed by atoms with Crippen LogP contribution in [0.5, 0.6) is 0 Å². The van der Waals surface area contributed by atoms with Crippen molar-refractivity contribution in [2.75, 3.05) is 11.5 Å². The van der Waals surface area contributed by atoms with Gasteiger partial charge in [-0.2, -0.15) is 0 Å². The van der Waals surface area contributed by atoms with E-state index in [1.54, 1.807) is 11.8 Å². The number of nitrogens with two attached hydrogens (primary N) is 2. The van der Waals surface area contributed by atoms with Gasteiger partial charge in [-0.15, -0.1) is 0 Å². The van der Waals surface area contributed by atoms with Crippen LogP contribution >= 0.6 is 23.1 Å². The van der Waals surface area contributed by atoms with Crippen LogP contribution < -0.4 is 11.5 Å². The first-order valence-corrected chi connectivity index (χ1v) is 7.74. The van der Waals surface area contributed by atoms with E-state index in [0.717, 1.165) is 4.70 Å². The van der Waals surface area contributed by atoms with Gasteiger partial charge < -0.3 is 11.5 Å². The molecule has 0 bridgehead atoms. The maximum atomic E-state index is 5.94. The number of fused-ring (bicyclic) bond motifs is 1. The lowest BCUT2D eigenvalue weighted by atomic mass is 10.2. The van der Waals surface area contributed by atoms with Gasteiger partial charge in [0.05, 0.1) is 0 Å². The molecule has 2 aromatic heterocycles. The van der Waals surface area contributed by atoms with Crippen molar-refractivity contribution in [3.8, 4) is 0 Å². The zero-order valence-corrected chi connectivity index (χ0v) is 12.4. The molecule has 0 fully saturated rings. The van der Waals surface area contributed by atoms with Gasteiger partial charge in [-0.25, -0.2) is 15.0 Å². The molecule has 3 rings (SSSR count). The number of hydrogen-bond acceptors (Lipinski definition) is 7. The summed E-state index contributed by atoms with van der Waals surface area (Å²) in [5.41, 5.74) is 13.4. The van der Waals surface area contributed by atoms with Crippen LogP contribution in [0.25, 0.3) is 10.3 Å². The fraction of sp³-hybridized carbons (Fsp3) is 0.154. The van der Waals surface area contributed by atoms with E-state index in [1.165, 1.54) is 16.9 Å². The lowest BCUT2D eigenvalue weighted by Crippen LogP contribution is -1.97. The molecule has 4 N–H and O–H groups in total. The van der Waals surface area contributed by atoms with Crippen molar-refractivity contribution in [1.29, 1.82) is 0 Å². The fourth-order valence-corrected chi connectivity index (χ4v) is 3.42. The summed E-state index contributed by atoms with van der Waals surface area (Å²) in [4.78, 5) is 12.9. The van der Waals surface area contributed by atoms with E-state index in [0.29, 0.717) is 21.8 Å². The Hall–Kier alpha value is -1.86. The number of hydrogen-bond donors (Lipinski definition) is 2. The number of thiazole rings is 1. The molecule has 0 saturated heterocycles. The summed E-state index contributed by atoms with van der Waals surface area (Å²) in [7, 11) is 0. The quantitative estimate of drug-likeness (QED) is 0.570. The highest BCUT2D eigenvalue weighted by Crippen LogP contribution is 2.35. The molecule has 0 radical (unpaired) electrons. The Morgan fingerprint density at radius 2 is 1.85 bits per heavy atom. The molecule has 0 aliphatic rings. The lowest BCUT2D eigenvalue weighted by molar-refractivity contribution is 0.982. The minimum Gasteiger partial charge on any atom is -0.382 e. The van der Waals surface area contributed by atoms with Gasteiger partial charge in [-0.1, -0.05) is 53.4 Å². The van der Waals surface area contributed by atoms with E-state index in [2.05, 4.69) is 34.0 Å². The molecule has 102 valence electrons. The van der Waals surface area contributed by atoms with E-state index in [4.69, 9.17) is 11.5 Å². The summed E-state index contributed by atoms with van der Waals surface area (Å²) in [5.74, 6) is 0.437. The number of aromatic nitrogens is 3. The van der Waals surface area contributed by atoms with E-state index in [1.807, 2.05) is 18.2 Å². The van der Waals surface area contributed by atoms with Gasteiger partial charge in [-0.05, 0) is 12.5 Å². The molecule has 0 amide bonds. The van der Waals surface area contributed by atoms with E-state index in [-0.39, 0.29) is 5.25 Å². The van der Waals surface area contributed by atoms with Gasteiger partial charge in [0.25, 0.3) is 0 Å². The molecule has 1 aromatic carbocycles. The molecule has 2 heterocycles. The van der Waals surface area contributed by atoms with Crippen LogP contribution in [0.1, 0.15) is 17.7 Å². The van der Waals surface area contributed by atoms with Crippen molar-refractivity contribution in [2.45, 2.75) is 17.3 Å². The van der Waals surface area contributed by atoms with Crippen LogP contribution in [0.3, 0.4) is 0 Å². The number of thioether (sulfide) groups is 1. The number of rotatable bonds is 3. The average Bonchev–Trinajstić information content (AvgIpc) is 2.81. The molecule has 0 spiro atoms. The van der Waals surface area contributed by atoms with E-state index in [9.17, 15) is 0 Å². The Morgan fingerprint density at radius 1 is 1.10 bits per heavy atom. The Kier molecular flexibility index (Phi) is 3.45. The maximum Gasteiger partial charge on any atom is 0.192 e. The summed E-state index contributed by atoms with van der Waals surface area (Å²) in [6.07, 6.45) is 0. The summed E-state index contributed by atoms with van der Waals surface area (Å²) < 4.78 is 0.749. The summed E-state index contributed by atoms with van der Waals surface area (Å²) in [6.45, 7) is 2.11. The Balaban J connectivity index is 1.91. The topological polar surface area (TPSA) is 90.7 Å². The summed E-state index contributed by atoms with van der Waals surface area (Å²) >= 11 is 2.87. The number of anilines is 2. The monoisotopic (exact) mass is 303 g/mol. The van der Waals surface area contributed by atoms with Crippen molar-refractivity contribution in [2.24, 2.45) is 0 Å². The highest BCUT2D eigenvalue weighted by molar-refractivity contribution is 7.99. The SMILES string of the molecule is C[C@H](Sc1nc(N)c2sc(N)nc2n1)c1ccccc1. The second-order valence-corrected chi connectivity index (χ2v) is 6.61. The molecule has 20 heavy (non-hydrogen) atoms. The van der Waals surface area contributed by atoms with Crippen LogP contribution in [-0.4, -0.2) is 15.0 Å². The molecule has 7 heteroatoms. The zero-order valence-electron chi connectivity index (χ0n) is 10.8. The lowest BCUT2D eigenvalue weighted by Gasteiger charge is -2.10. The van der Waals surface area contributed by atoms with Crippen molar-refractivity contribution in [3.63, 3.8) is 0 Å². The van der Waals surface area contributed by atoms with Gasteiger partial charge in [0.2, 0.25) is 0 Å². The Labute approximate surface area is 124 Å². The van der Waals surface area contributed by atoms with Crippen molar-refractivity contribution in [3.05, 3.63) is 35.9 Å². The predicted molar refractivity (Wildman–Crippen MR) is 84.7 cm³/mol. The zero-order chi connectivity index (χ0) is 14.1. The van der Waals surface area contributed by atoms with Gasteiger partial charge in [0.15, 0.2) is 15.9 Å². The second-order valence-electron chi connectivity index (χ2n) is 4.27. The maximum absolute atomic E-state index is 5.94. The molecule has 0 aliphatic heterocycles. The average molecular weight is 303 g/mol. The third-order valence-corrected chi connectivity index (χ3v) is 4.74. The van der Waals surface area contributed by atoms with E-state index >= 15 is 0 Å². The first-order valence-electron chi connectivity index (χ1n) is 6.04. The van der Waals surface area contributed by atoms with Crippen LogP contribution in [0.4, 0.5) is 10.9 Å². The van der Waals surface area contributed by atoms with E-state index < -0.39 is 0 Å². The minimum absolute atomic E-state index is 0.240. The molecule has 3 aromatic rings. The molecule has 5 nitrogen and oxygen atoms in total. The number of nitrogen functional groups attached to an aromatic ring is 2. The smallest absolute Gasteiger partial charge is 0.192 e. The second kappa shape index (κ2) is 5.26. The molecule has 0 unspecified atom stereocenters.